The molecule has 0 radical (unpaired) electrons. The van der Waals surface area contributed by atoms with E-state index in [1.807, 2.05) is 17.0 Å². The highest BCUT2D eigenvalue weighted by Gasteiger charge is 2.29. The molecule has 0 spiro atoms. The van der Waals surface area contributed by atoms with Gasteiger partial charge in [0, 0.05) is 17.6 Å². The summed E-state index contributed by atoms with van der Waals surface area (Å²) in [6.45, 7) is 1.67. The Bertz CT molecular complexity index is 555. The minimum atomic E-state index is -0.174. The first-order chi connectivity index (χ1) is 9.65. The fourth-order valence-electron chi connectivity index (χ4n) is 2.55. The molecule has 5 nitrogen and oxygen atoms in total. The number of carbonyl (C=O) groups excluding carboxylic acids is 2. The van der Waals surface area contributed by atoms with Gasteiger partial charge in [-0.25, -0.2) is 0 Å². The summed E-state index contributed by atoms with van der Waals surface area (Å²) in [5.74, 6) is 0.465. The third kappa shape index (κ3) is 2.52. The summed E-state index contributed by atoms with van der Waals surface area (Å²) in [6, 6.07) is 5.46. The minimum absolute atomic E-state index is 0.00613. The maximum absolute atomic E-state index is 12.2. The van der Waals surface area contributed by atoms with Crippen LogP contribution in [0.25, 0.3) is 0 Å². The molecule has 20 heavy (non-hydrogen) atoms. The normalized spacial score (nSPS) is 17.9. The minimum Gasteiger partial charge on any atom is -0.482 e. The van der Waals surface area contributed by atoms with Crippen LogP contribution in [0.5, 0.6) is 5.75 Å². The summed E-state index contributed by atoms with van der Waals surface area (Å²) in [5, 5.41) is 0. The summed E-state index contributed by atoms with van der Waals surface area (Å²) >= 11 is 3.37. The summed E-state index contributed by atoms with van der Waals surface area (Å²) in [7, 11) is 0. The average Bonchev–Trinajstić information content (AvgIpc) is 2.96. The standard InChI is InChI=1S/C14H15BrN2O3/c15-10-3-4-11-12(7-10)20-9-14(19)17(11)8-13(18)16-5-1-2-6-16/h3-4,7H,1-2,5-6,8-9H2. The highest BCUT2D eigenvalue weighted by molar-refractivity contribution is 9.10. The van der Waals surface area contributed by atoms with Crippen LogP contribution >= 0.6 is 15.9 Å². The van der Waals surface area contributed by atoms with Crippen LogP contribution < -0.4 is 9.64 Å². The summed E-state index contributed by atoms with van der Waals surface area (Å²) in [4.78, 5) is 27.6. The first-order valence-corrected chi connectivity index (χ1v) is 7.45. The second kappa shape index (κ2) is 5.44. The molecule has 0 aliphatic carbocycles. The van der Waals surface area contributed by atoms with Crippen molar-refractivity contribution in [3.05, 3.63) is 22.7 Å². The lowest BCUT2D eigenvalue weighted by atomic mass is 10.2. The van der Waals surface area contributed by atoms with E-state index in [-0.39, 0.29) is 25.0 Å². The Kier molecular flexibility index (Phi) is 3.65. The molecule has 2 heterocycles. The van der Waals surface area contributed by atoms with Crippen molar-refractivity contribution in [2.75, 3.05) is 31.1 Å². The van der Waals surface area contributed by atoms with Gasteiger partial charge in [-0.3, -0.25) is 14.5 Å². The van der Waals surface area contributed by atoms with Gasteiger partial charge in [0.1, 0.15) is 12.3 Å². The van der Waals surface area contributed by atoms with Crippen LogP contribution in [-0.2, 0) is 9.59 Å². The van der Waals surface area contributed by atoms with Gasteiger partial charge in [0.15, 0.2) is 6.61 Å². The van der Waals surface area contributed by atoms with Crippen molar-refractivity contribution in [3.8, 4) is 5.75 Å². The molecule has 2 aliphatic heterocycles. The van der Waals surface area contributed by atoms with Gasteiger partial charge in [-0.1, -0.05) is 15.9 Å². The fraction of sp³-hybridized carbons (Fsp3) is 0.429. The lowest BCUT2D eigenvalue weighted by molar-refractivity contribution is -0.131. The Labute approximate surface area is 125 Å². The molecule has 0 aromatic heterocycles. The van der Waals surface area contributed by atoms with Crippen molar-refractivity contribution in [2.24, 2.45) is 0 Å². The number of ether oxygens (including phenoxy) is 1. The highest BCUT2D eigenvalue weighted by Crippen LogP contribution is 2.34. The number of nitrogens with zero attached hydrogens (tertiary/aromatic N) is 2. The molecule has 1 fully saturated rings. The molecule has 1 saturated heterocycles. The lowest BCUT2D eigenvalue weighted by Crippen LogP contribution is -2.45. The molecule has 2 amide bonds. The summed E-state index contributed by atoms with van der Waals surface area (Å²) in [6.07, 6.45) is 2.10. The van der Waals surface area contributed by atoms with Crippen molar-refractivity contribution in [1.82, 2.24) is 4.90 Å². The van der Waals surface area contributed by atoms with Crippen LogP contribution in [0, 0.1) is 0 Å². The summed E-state index contributed by atoms with van der Waals surface area (Å²) < 4.78 is 6.29. The van der Waals surface area contributed by atoms with E-state index in [0.29, 0.717) is 11.4 Å². The number of hydrogen-bond donors (Lipinski definition) is 0. The first-order valence-electron chi connectivity index (χ1n) is 6.65. The van der Waals surface area contributed by atoms with Gasteiger partial charge in [-0.2, -0.15) is 0 Å². The monoisotopic (exact) mass is 338 g/mol. The number of amides is 2. The largest absolute Gasteiger partial charge is 0.482 e. The van der Waals surface area contributed by atoms with E-state index >= 15 is 0 Å². The van der Waals surface area contributed by atoms with Gasteiger partial charge in [-0.15, -0.1) is 0 Å². The Balaban J connectivity index is 1.82. The lowest BCUT2D eigenvalue weighted by Gasteiger charge is -2.30. The Morgan fingerprint density at radius 1 is 1.30 bits per heavy atom. The molecule has 2 aliphatic rings. The second-order valence-corrected chi connectivity index (χ2v) is 5.88. The number of hydrogen-bond acceptors (Lipinski definition) is 3. The van der Waals surface area contributed by atoms with Crippen LogP contribution in [0.4, 0.5) is 5.69 Å². The van der Waals surface area contributed by atoms with E-state index in [9.17, 15) is 9.59 Å². The fourth-order valence-corrected chi connectivity index (χ4v) is 2.89. The predicted molar refractivity (Wildman–Crippen MR) is 77.8 cm³/mol. The van der Waals surface area contributed by atoms with Gasteiger partial charge < -0.3 is 9.64 Å². The number of carbonyl (C=O) groups is 2. The van der Waals surface area contributed by atoms with Crippen LogP contribution in [0.15, 0.2) is 22.7 Å². The van der Waals surface area contributed by atoms with Crippen LogP contribution in [0.2, 0.25) is 0 Å². The van der Waals surface area contributed by atoms with E-state index < -0.39 is 0 Å². The number of likely N-dealkylation sites (tertiary alicyclic amines) is 1. The molecule has 1 aromatic rings. The van der Waals surface area contributed by atoms with Crippen molar-refractivity contribution in [1.29, 1.82) is 0 Å². The molecule has 0 N–H and O–H groups in total. The Hall–Kier alpha value is -1.56. The number of rotatable bonds is 2. The maximum atomic E-state index is 12.2. The van der Waals surface area contributed by atoms with Crippen molar-refractivity contribution >= 4 is 33.4 Å². The van der Waals surface area contributed by atoms with Crippen molar-refractivity contribution in [3.63, 3.8) is 0 Å². The molecule has 0 saturated carbocycles. The van der Waals surface area contributed by atoms with Crippen LogP contribution in [0.3, 0.4) is 0 Å². The number of anilines is 1. The number of fused-ring (bicyclic) bond motifs is 1. The number of halogens is 1. The Morgan fingerprint density at radius 3 is 2.80 bits per heavy atom. The molecule has 6 heteroatoms. The molecule has 106 valence electrons. The predicted octanol–water partition coefficient (Wildman–Crippen LogP) is 1.80. The summed E-state index contributed by atoms with van der Waals surface area (Å²) in [5.41, 5.74) is 0.664. The molecule has 0 atom stereocenters. The molecule has 3 rings (SSSR count). The Morgan fingerprint density at radius 2 is 2.05 bits per heavy atom. The second-order valence-electron chi connectivity index (χ2n) is 4.97. The van der Waals surface area contributed by atoms with E-state index in [1.165, 1.54) is 4.90 Å². The average molecular weight is 339 g/mol. The first kappa shape index (κ1) is 13.4. The maximum Gasteiger partial charge on any atom is 0.265 e. The smallest absolute Gasteiger partial charge is 0.265 e. The SMILES string of the molecule is O=C(CN1C(=O)COc2cc(Br)ccc21)N1CCCC1. The topological polar surface area (TPSA) is 49.9 Å². The van der Waals surface area contributed by atoms with Gasteiger partial charge in [0.05, 0.1) is 5.69 Å². The van der Waals surface area contributed by atoms with Crippen molar-refractivity contribution in [2.45, 2.75) is 12.8 Å². The van der Waals surface area contributed by atoms with Gasteiger partial charge >= 0.3 is 0 Å². The number of benzene rings is 1. The highest BCUT2D eigenvalue weighted by atomic mass is 79.9. The van der Waals surface area contributed by atoms with E-state index in [0.717, 1.165) is 30.4 Å². The zero-order valence-electron chi connectivity index (χ0n) is 11.0. The van der Waals surface area contributed by atoms with E-state index in [1.54, 1.807) is 6.07 Å². The van der Waals surface area contributed by atoms with E-state index in [2.05, 4.69) is 15.9 Å². The zero-order valence-corrected chi connectivity index (χ0v) is 12.6. The zero-order chi connectivity index (χ0) is 14.1. The molecule has 0 bridgehead atoms. The third-order valence-corrected chi connectivity index (χ3v) is 4.11. The van der Waals surface area contributed by atoms with Gasteiger partial charge in [0.25, 0.3) is 5.91 Å². The van der Waals surface area contributed by atoms with Gasteiger partial charge in [-0.05, 0) is 31.0 Å². The molecular weight excluding hydrogens is 324 g/mol. The van der Waals surface area contributed by atoms with Crippen LogP contribution in [0.1, 0.15) is 12.8 Å². The molecule has 1 aromatic carbocycles. The van der Waals surface area contributed by atoms with Crippen molar-refractivity contribution < 1.29 is 14.3 Å². The third-order valence-electron chi connectivity index (χ3n) is 3.62. The molecule has 0 unspecified atom stereocenters. The van der Waals surface area contributed by atoms with E-state index in [4.69, 9.17) is 4.74 Å². The quantitative estimate of drug-likeness (QED) is 0.826. The van der Waals surface area contributed by atoms with Gasteiger partial charge in [0.2, 0.25) is 5.91 Å². The van der Waals surface area contributed by atoms with Crippen LogP contribution in [-0.4, -0.2) is 43.0 Å². The molecular formula is C14H15BrN2O3.